The number of anilines is 1. The van der Waals surface area contributed by atoms with Gasteiger partial charge < -0.3 is 10.1 Å². The van der Waals surface area contributed by atoms with Crippen LogP contribution in [0.25, 0.3) is 0 Å². The number of aromatic nitrogens is 3. The van der Waals surface area contributed by atoms with Gasteiger partial charge in [-0.2, -0.15) is 0 Å². The number of benzene rings is 1. The summed E-state index contributed by atoms with van der Waals surface area (Å²) < 4.78 is 34.2. The highest BCUT2D eigenvalue weighted by Gasteiger charge is 2.24. The van der Waals surface area contributed by atoms with E-state index < -0.39 is 34.2 Å². The lowest BCUT2D eigenvalue weighted by Crippen LogP contribution is -2.27. The van der Waals surface area contributed by atoms with E-state index in [9.17, 15) is 18.4 Å². The molecule has 1 saturated heterocycles. The van der Waals surface area contributed by atoms with Crippen molar-refractivity contribution in [3.63, 3.8) is 0 Å². The number of rotatable bonds is 6. The number of nitrogens with one attached hydrogen (secondary N) is 2. The molecule has 0 spiro atoms. The lowest BCUT2D eigenvalue weighted by Gasteiger charge is -2.14. The van der Waals surface area contributed by atoms with Gasteiger partial charge in [0, 0.05) is 6.61 Å². The summed E-state index contributed by atoms with van der Waals surface area (Å²) in [5.74, 6) is -2.31. The second kappa shape index (κ2) is 8.00. The molecule has 2 atom stereocenters. The molecule has 7 nitrogen and oxygen atoms in total. The van der Waals surface area contributed by atoms with Gasteiger partial charge in [0.2, 0.25) is 5.91 Å². The van der Waals surface area contributed by atoms with E-state index in [4.69, 9.17) is 4.74 Å². The molecule has 2 N–H and O–H groups in total. The van der Waals surface area contributed by atoms with Crippen molar-refractivity contribution in [2.45, 2.75) is 42.8 Å². The van der Waals surface area contributed by atoms with Gasteiger partial charge in [-0.25, -0.2) is 18.7 Å². The third-order valence-electron chi connectivity index (χ3n) is 4.00. The molecular formula is C16H18F2N4O3S. The molecule has 2 aromatic rings. The van der Waals surface area contributed by atoms with Crippen molar-refractivity contribution in [2.24, 2.45) is 0 Å². The van der Waals surface area contributed by atoms with Crippen molar-refractivity contribution in [2.75, 3.05) is 11.9 Å². The summed E-state index contributed by atoms with van der Waals surface area (Å²) in [5.41, 5.74) is -0.889. The molecule has 1 aliphatic rings. The van der Waals surface area contributed by atoms with Crippen molar-refractivity contribution in [3.8, 4) is 0 Å². The summed E-state index contributed by atoms with van der Waals surface area (Å²) in [5, 5.41) is 8.11. The maximum atomic E-state index is 13.7. The molecule has 1 amide bonds. The van der Waals surface area contributed by atoms with Crippen LogP contribution in [-0.4, -0.2) is 38.6 Å². The molecule has 10 heteroatoms. The van der Waals surface area contributed by atoms with Crippen LogP contribution < -0.4 is 11.0 Å². The average molecular weight is 384 g/mol. The van der Waals surface area contributed by atoms with Gasteiger partial charge in [-0.05, 0) is 31.9 Å². The maximum Gasteiger partial charge on any atom is 0.344 e. The molecule has 1 aromatic heterocycles. The summed E-state index contributed by atoms with van der Waals surface area (Å²) >= 11 is 1.02. The van der Waals surface area contributed by atoms with Crippen LogP contribution in [0.5, 0.6) is 0 Å². The number of amides is 1. The van der Waals surface area contributed by atoms with Crippen LogP contribution in [0.3, 0.4) is 0 Å². The average Bonchev–Trinajstić information content (AvgIpc) is 3.23. The Hall–Kier alpha value is -2.20. The smallest absolute Gasteiger partial charge is 0.344 e. The molecule has 140 valence electrons. The number of para-hydroxylation sites is 1. The maximum absolute atomic E-state index is 13.7. The number of H-pyrrole nitrogens is 1. The number of halogens is 2. The van der Waals surface area contributed by atoms with Gasteiger partial charge in [0.25, 0.3) is 0 Å². The van der Waals surface area contributed by atoms with E-state index in [1.54, 1.807) is 6.92 Å². The summed E-state index contributed by atoms with van der Waals surface area (Å²) in [6.45, 7) is 2.56. The van der Waals surface area contributed by atoms with Crippen LogP contribution in [-0.2, 0) is 16.1 Å². The molecular weight excluding hydrogens is 366 g/mol. The Morgan fingerprint density at radius 1 is 1.50 bits per heavy atom. The predicted molar refractivity (Wildman–Crippen MR) is 92.1 cm³/mol. The Bertz CT molecular complexity index is 828. The highest BCUT2D eigenvalue weighted by atomic mass is 32.2. The van der Waals surface area contributed by atoms with Crippen LogP contribution in [0.4, 0.5) is 14.5 Å². The molecule has 2 heterocycles. The normalized spacial score (nSPS) is 18.0. The van der Waals surface area contributed by atoms with Gasteiger partial charge >= 0.3 is 5.69 Å². The van der Waals surface area contributed by atoms with Crippen LogP contribution >= 0.6 is 11.8 Å². The summed E-state index contributed by atoms with van der Waals surface area (Å²) in [6, 6.07) is 3.33. The zero-order valence-electron chi connectivity index (χ0n) is 14.0. The number of carbonyl (C=O) groups excluding carboxylic acids is 1. The molecule has 26 heavy (non-hydrogen) atoms. The Morgan fingerprint density at radius 3 is 2.88 bits per heavy atom. The minimum Gasteiger partial charge on any atom is -0.376 e. The fraction of sp³-hybridized carbons (Fsp3) is 0.438. The zero-order valence-corrected chi connectivity index (χ0v) is 14.8. The topological polar surface area (TPSA) is 89.0 Å². The minimum absolute atomic E-state index is 0.0682. The lowest BCUT2D eigenvalue weighted by atomic mass is 10.2. The first-order chi connectivity index (χ1) is 12.5. The van der Waals surface area contributed by atoms with Crippen LogP contribution in [0.1, 0.15) is 19.8 Å². The molecule has 1 fully saturated rings. The number of hydrogen-bond acceptors (Lipinski definition) is 5. The Kier molecular flexibility index (Phi) is 5.72. The molecule has 2 unspecified atom stereocenters. The second-order valence-electron chi connectivity index (χ2n) is 5.90. The quantitative estimate of drug-likeness (QED) is 0.745. The van der Waals surface area contributed by atoms with Crippen LogP contribution in [0, 0.1) is 11.6 Å². The van der Waals surface area contributed by atoms with Gasteiger partial charge in [0.15, 0.2) is 5.16 Å². The number of ether oxygens (including phenoxy) is 1. The predicted octanol–water partition coefficient (Wildman–Crippen LogP) is 2.15. The van der Waals surface area contributed by atoms with Crippen molar-refractivity contribution in [1.82, 2.24) is 14.8 Å². The molecule has 0 aliphatic carbocycles. The molecule has 1 aliphatic heterocycles. The fourth-order valence-electron chi connectivity index (χ4n) is 2.60. The summed E-state index contributed by atoms with van der Waals surface area (Å²) in [6.07, 6.45) is 1.72. The number of thioether (sulfide) groups is 1. The highest BCUT2D eigenvalue weighted by molar-refractivity contribution is 8.00. The van der Waals surface area contributed by atoms with E-state index in [1.807, 2.05) is 0 Å². The Balaban J connectivity index is 1.68. The van der Waals surface area contributed by atoms with Crippen LogP contribution in [0.15, 0.2) is 28.2 Å². The van der Waals surface area contributed by atoms with E-state index in [0.717, 1.165) is 36.7 Å². The zero-order chi connectivity index (χ0) is 18.7. The molecule has 1 aromatic carbocycles. The van der Waals surface area contributed by atoms with Gasteiger partial charge in [0.1, 0.15) is 17.3 Å². The second-order valence-corrected chi connectivity index (χ2v) is 7.21. The van der Waals surface area contributed by atoms with Crippen molar-refractivity contribution >= 4 is 23.4 Å². The number of nitrogens with zero attached hydrogens (tertiary/aromatic N) is 2. The molecule has 0 saturated carbocycles. The number of carbonyl (C=O) groups is 1. The largest absolute Gasteiger partial charge is 0.376 e. The fourth-order valence-corrected chi connectivity index (χ4v) is 3.47. The Morgan fingerprint density at radius 2 is 2.23 bits per heavy atom. The first kappa shape index (κ1) is 18.6. The summed E-state index contributed by atoms with van der Waals surface area (Å²) in [7, 11) is 0. The highest BCUT2D eigenvalue weighted by Crippen LogP contribution is 2.24. The van der Waals surface area contributed by atoms with E-state index in [-0.39, 0.29) is 6.10 Å². The van der Waals surface area contributed by atoms with Crippen molar-refractivity contribution in [1.29, 1.82) is 0 Å². The molecule has 0 radical (unpaired) electrons. The standard InChI is InChI=1S/C16H18F2N4O3S/c1-9(14(23)19-13-11(17)5-2-6-12(13)18)26-16-21-20-15(24)22(16)8-10-4-3-7-25-10/h2,5-6,9-10H,3-4,7-8H2,1H3,(H,19,23)(H,20,24). The molecule has 0 bridgehead atoms. The number of aromatic amines is 1. The van der Waals surface area contributed by atoms with Crippen LogP contribution in [0.2, 0.25) is 0 Å². The number of hydrogen-bond donors (Lipinski definition) is 2. The first-order valence-electron chi connectivity index (χ1n) is 8.14. The van der Waals surface area contributed by atoms with E-state index in [2.05, 4.69) is 15.5 Å². The van der Waals surface area contributed by atoms with Gasteiger partial charge in [-0.1, -0.05) is 17.8 Å². The van der Waals surface area contributed by atoms with Gasteiger partial charge in [0.05, 0.1) is 17.9 Å². The van der Waals surface area contributed by atoms with E-state index in [1.165, 1.54) is 10.6 Å². The monoisotopic (exact) mass is 384 g/mol. The van der Waals surface area contributed by atoms with Gasteiger partial charge in [-0.3, -0.25) is 9.36 Å². The third-order valence-corrected chi connectivity index (χ3v) is 5.09. The summed E-state index contributed by atoms with van der Waals surface area (Å²) in [4.78, 5) is 24.2. The van der Waals surface area contributed by atoms with E-state index >= 15 is 0 Å². The van der Waals surface area contributed by atoms with Crippen molar-refractivity contribution in [3.05, 3.63) is 40.3 Å². The first-order valence-corrected chi connectivity index (χ1v) is 9.02. The SMILES string of the molecule is CC(Sc1n[nH]c(=O)n1CC1CCCO1)C(=O)Nc1c(F)cccc1F. The van der Waals surface area contributed by atoms with Gasteiger partial charge in [-0.15, -0.1) is 5.10 Å². The Labute approximate surface area is 152 Å². The van der Waals surface area contributed by atoms with E-state index in [0.29, 0.717) is 18.3 Å². The molecule has 3 rings (SSSR count). The third kappa shape index (κ3) is 4.13. The minimum atomic E-state index is -0.856. The van der Waals surface area contributed by atoms with Crippen molar-refractivity contribution < 1.29 is 18.3 Å². The lowest BCUT2D eigenvalue weighted by molar-refractivity contribution is -0.115.